The first-order valence-electron chi connectivity index (χ1n) is 6.64. The molecule has 0 aromatic carbocycles. The lowest BCUT2D eigenvalue weighted by Crippen LogP contribution is -2.25. The molecule has 0 amide bonds. The summed E-state index contributed by atoms with van der Waals surface area (Å²) in [7, 11) is 0. The fraction of sp³-hybridized carbons (Fsp3) is 1.00. The van der Waals surface area contributed by atoms with E-state index < -0.39 is 0 Å². The van der Waals surface area contributed by atoms with Crippen LogP contribution in [0.15, 0.2) is 0 Å². The second-order valence-corrected chi connectivity index (χ2v) is 5.82. The maximum Gasteiger partial charge on any atom is 0.0971 e. The van der Waals surface area contributed by atoms with Crippen LogP contribution in [0.5, 0.6) is 0 Å². The van der Waals surface area contributed by atoms with Crippen LogP contribution < -0.4 is 0 Å². The summed E-state index contributed by atoms with van der Waals surface area (Å²) in [4.78, 5) is 0. The molecule has 90 valence electrons. The first-order chi connectivity index (χ1) is 6.94. The van der Waals surface area contributed by atoms with Gasteiger partial charge in [-0.25, -0.2) is 0 Å². The molecule has 1 heteroatoms. The van der Waals surface area contributed by atoms with Crippen molar-refractivity contribution in [3.8, 4) is 0 Å². The molecular formula is C14H28O. The van der Waals surface area contributed by atoms with Crippen LogP contribution in [0.25, 0.3) is 0 Å². The highest BCUT2D eigenvalue weighted by molar-refractivity contribution is 5.10. The molecule has 0 spiro atoms. The Morgan fingerprint density at radius 3 is 2.00 bits per heavy atom. The Labute approximate surface area is 95.6 Å². The smallest absolute Gasteiger partial charge is 0.0971 e. The van der Waals surface area contributed by atoms with Crippen LogP contribution in [0.1, 0.15) is 73.1 Å². The van der Waals surface area contributed by atoms with Crippen LogP contribution in [0.2, 0.25) is 0 Å². The minimum absolute atomic E-state index is 0.121. The van der Waals surface area contributed by atoms with Gasteiger partial charge in [0.1, 0.15) is 0 Å². The van der Waals surface area contributed by atoms with Crippen molar-refractivity contribution in [1.29, 1.82) is 0 Å². The molecule has 0 aromatic rings. The summed E-state index contributed by atoms with van der Waals surface area (Å²) in [5, 5.41) is 0. The van der Waals surface area contributed by atoms with Gasteiger partial charge in [0.15, 0.2) is 0 Å². The zero-order valence-corrected chi connectivity index (χ0v) is 11.2. The van der Waals surface area contributed by atoms with Gasteiger partial charge < -0.3 is 4.74 Å². The van der Waals surface area contributed by atoms with Crippen LogP contribution in [0.4, 0.5) is 0 Å². The lowest BCUT2D eigenvalue weighted by atomic mass is 9.83. The topological polar surface area (TPSA) is 12.5 Å². The fourth-order valence-corrected chi connectivity index (χ4v) is 2.53. The Balaban J connectivity index is 2.12. The molecular weight excluding hydrogens is 184 g/mol. The van der Waals surface area contributed by atoms with E-state index in [9.17, 15) is 0 Å². The molecule has 1 fully saturated rings. The Morgan fingerprint density at radius 1 is 1.00 bits per heavy atom. The summed E-state index contributed by atoms with van der Waals surface area (Å²) >= 11 is 0. The third-order valence-electron chi connectivity index (χ3n) is 4.30. The molecule has 2 atom stereocenters. The normalized spacial score (nSPS) is 30.2. The molecule has 0 N–H and O–H groups in total. The van der Waals surface area contributed by atoms with Crippen LogP contribution in [-0.2, 0) is 4.74 Å². The molecule has 1 nitrogen and oxygen atoms in total. The number of rotatable bonds is 7. The van der Waals surface area contributed by atoms with Gasteiger partial charge in [-0.05, 0) is 33.1 Å². The zero-order chi connectivity index (χ0) is 11.5. The third-order valence-corrected chi connectivity index (χ3v) is 4.30. The van der Waals surface area contributed by atoms with E-state index in [2.05, 4.69) is 34.6 Å². The average molecular weight is 212 g/mol. The van der Waals surface area contributed by atoms with Gasteiger partial charge >= 0.3 is 0 Å². The summed E-state index contributed by atoms with van der Waals surface area (Å²) in [5.41, 5.74) is 0.271. The minimum Gasteiger partial charge on any atom is -0.363 e. The lowest BCUT2D eigenvalue weighted by Gasteiger charge is -2.18. The van der Waals surface area contributed by atoms with Crippen LogP contribution >= 0.6 is 0 Å². The number of ether oxygens (including phenoxy) is 1. The van der Waals surface area contributed by atoms with Crippen LogP contribution in [0.3, 0.4) is 0 Å². The van der Waals surface area contributed by atoms with E-state index in [1.165, 1.54) is 38.5 Å². The van der Waals surface area contributed by atoms with Crippen molar-refractivity contribution < 1.29 is 4.74 Å². The van der Waals surface area contributed by atoms with Crippen molar-refractivity contribution in [2.24, 2.45) is 5.92 Å². The summed E-state index contributed by atoms with van der Waals surface area (Å²) in [5.74, 6) is 0.703. The molecule has 0 saturated carbocycles. The highest BCUT2D eigenvalue weighted by Crippen LogP contribution is 2.53. The molecule has 0 radical (unpaired) electrons. The van der Waals surface area contributed by atoms with Gasteiger partial charge in [-0.15, -0.1) is 0 Å². The molecule has 2 unspecified atom stereocenters. The number of hydrogen-bond acceptors (Lipinski definition) is 1. The van der Waals surface area contributed by atoms with Crippen molar-refractivity contribution in [1.82, 2.24) is 0 Å². The van der Waals surface area contributed by atoms with Gasteiger partial charge in [-0.2, -0.15) is 0 Å². The molecule has 1 aliphatic rings. The van der Waals surface area contributed by atoms with Crippen molar-refractivity contribution in [2.45, 2.75) is 84.3 Å². The van der Waals surface area contributed by atoms with Crippen LogP contribution in [-0.4, -0.2) is 11.2 Å². The Bertz CT molecular complexity index is 198. The van der Waals surface area contributed by atoms with E-state index in [1.807, 2.05) is 0 Å². The molecule has 0 aliphatic carbocycles. The molecule has 0 bridgehead atoms. The predicted molar refractivity (Wildman–Crippen MR) is 66.1 cm³/mol. The lowest BCUT2D eigenvalue weighted by molar-refractivity contribution is 0.225. The van der Waals surface area contributed by atoms with E-state index in [4.69, 9.17) is 4.74 Å². The summed E-state index contributed by atoms with van der Waals surface area (Å²) in [6.07, 6.45) is 8.23. The molecule has 15 heavy (non-hydrogen) atoms. The Hall–Kier alpha value is -0.0400. The molecule has 1 rings (SSSR count). The zero-order valence-electron chi connectivity index (χ0n) is 11.2. The van der Waals surface area contributed by atoms with Gasteiger partial charge in [0.05, 0.1) is 11.2 Å². The quantitative estimate of drug-likeness (QED) is 0.445. The van der Waals surface area contributed by atoms with E-state index in [0.29, 0.717) is 5.92 Å². The summed E-state index contributed by atoms with van der Waals surface area (Å²) in [6, 6.07) is 0. The van der Waals surface area contributed by atoms with E-state index in [0.717, 1.165) is 0 Å². The third kappa shape index (κ3) is 2.96. The van der Waals surface area contributed by atoms with E-state index >= 15 is 0 Å². The van der Waals surface area contributed by atoms with E-state index in [-0.39, 0.29) is 11.2 Å². The second-order valence-electron chi connectivity index (χ2n) is 5.82. The molecule has 0 aromatic heterocycles. The van der Waals surface area contributed by atoms with Gasteiger partial charge in [0.25, 0.3) is 0 Å². The van der Waals surface area contributed by atoms with Crippen LogP contribution in [0, 0.1) is 5.92 Å². The predicted octanol–water partition coefficient (Wildman–Crippen LogP) is 4.55. The number of hydrogen-bond donors (Lipinski definition) is 0. The SMILES string of the molecule is CCCCCCCC(C)C1(C)OC1(C)C. The Morgan fingerprint density at radius 2 is 1.53 bits per heavy atom. The summed E-state index contributed by atoms with van der Waals surface area (Å²) in [6.45, 7) is 11.3. The van der Waals surface area contributed by atoms with Crippen molar-refractivity contribution in [3.05, 3.63) is 0 Å². The highest BCUT2D eigenvalue weighted by atomic mass is 16.6. The van der Waals surface area contributed by atoms with Gasteiger partial charge in [0.2, 0.25) is 0 Å². The molecule has 1 saturated heterocycles. The van der Waals surface area contributed by atoms with Crippen molar-refractivity contribution >= 4 is 0 Å². The maximum atomic E-state index is 5.83. The molecule has 1 heterocycles. The minimum atomic E-state index is 0.121. The second kappa shape index (κ2) is 4.86. The first-order valence-corrected chi connectivity index (χ1v) is 6.64. The molecule has 1 aliphatic heterocycles. The highest BCUT2D eigenvalue weighted by Gasteiger charge is 2.62. The fourth-order valence-electron chi connectivity index (χ4n) is 2.53. The first kappa shape index (κ1) is 13.0. The monoisotopic (exact) mass is 212 g/mol. The standard InChI is InChI=1S/C14H28O/c1-6-7-8-9-10-11-12(2)14(5)13(3,4)15-14/h12H,6-11H2,1-5H3. The van der Waals surface area contributed by atoms with Crippen molar-refractivity contribution in [2.75, 3.05) is 0 Å². The Kier molecular flexibility index (Phi) is 4.22. The number of epoxide rings is 1. The largest absolute Gasteiger partial charge is 0.363 e. The van der Waals surface area contributed by atoms with Gasteiger partial charge in [0, 0.05) is 0 Å². The van der Waals surface area contributed by atoms with Crippen molar-refractivity contribution in [3.63, 3.8) is 0 Å². The summed E-state index contributed by atoms with van der Waals surface area (Å²) < 4.78 is 5.83. The maximum absolute atomic E-state index is 5.83. The van der Waals surface area contributed by atoms with E-state index in [1.54, 1.807) is 0 Å². The number of unbranched alkanes of at least 4 members (excludes halogenated alkanes) is 4. The van der Waals surface area contributed by atoms with Gasteiger partial charge in [-0.1, -0.05) is 46.0 Å². The average Bonchev–Trinajstić information content (AvgIpc) is 2.67. The van der Waals surface area contributed by atoms with Gasteiger partial charge in [-0.3, -0.25) is 0 Å².